The van der Waals surface area contributed by atoms with Gasteiger partial charge in [-0.1, -0.05) is 18.6 Å². The van der Waals surface area contributed by atoms with Crippen LogP contribution in [0.2, 0.25) is 0 Å². The Morgan fingerprint density at radius 2 is 2.22 bits per heavy atom. The van der Waals surface area contributed by atoms with Gasteiger partial charge in [-0.2, -0.15) is 0 Å². The zero-order chi connectivity index (χ0) is 19.0. The molecule has 7 heteroatoms. The van der Waals surface area contributed by atoms with Crippen LogP contribution < -0.4 is 4.74 Å². The number of rotatable bonds is 5. The molecule has 2 aliphatic rings. The highest BCUT2D eigenvalue weighted by Gasteiger charge is 2.55. The Morgan fingerprint density at radius 1 is 1.41 bits per heavy atom. The average Bonchev–Trinajstić information content (AvgIpc) is 3.33. The third-order valence-electron chi connectivity index (χ3n) is 5.74. The molecule has 6 nitrogen and oxygen atoms in total. The van der Waals surface area contributed by atoms with Gasteiger partial charge < -0.3 is 14.7 Å². The van der Waals surface area contributed by atoms with Gasteiger partial charge in [0.25, 0.3) is 5.91 Å². The van der Waals surface area contributed by atoms with Crippen LogP contribution in [0.25, 0.3) is 0 Å². The van der Waals surface area contributed by atoms with Crippen molar-refractivity contribution in [2.75, 3.05) is 13.1 Å². The Balaban J connectivity index is 1.52. The van der Waals surface area contributed by atoms with Crippen molar-refractivity contribution in [3.63, 3.8) is 0 Å². The lowest BCUT2D eigenvalue weighted by Crippen LogP contribution is -2.37. The Hall–Kier alpha value is -2.41. The molecule has 1 aliphatic heterocycles. The Morgan fingerprint density at radius 3 is 2.93 bits per heavy atom. The standard InChI is InChI=1S/C20H22N2O4S/c1-13-21-15(11-27-13)10-26-17-7-3-2-6-16(17)18(23)22-9-14-5-4-8-20(14,12-22)19(24)25/h2-3,6-7,11,14H,4-5,8-10,12H2,1H3,(H,24,25)/t14-,20+/m0/s1. The highest BCUT2D eigenvalue weighted by Crippen LogP contribution is 2.49. The normalized spacial score (nSPS) is 24.0. The molecule has 1 aromatic heterocycles. The number of para-hydroxylation sites is 1. The Bertz CT molecular complexity index is 880. The number of amides is 1. The molecule has 2 fully saturated rings. The van der Waals surface area contributed by atoms with E-state index >= 15 is 0 Å². The van der Waals surface area contributed by atoms with E-state index in [4.69, 9.17) is 4.74 Å². The highest BCUT2D eigenvalue weighted by atomic mass is 32.1. The minimum Gasteiger partial charge on any atom is -0.486 e. The molecule has 0 bridgehead atoms. The number of hydrogen-bond acceptors (Lipinski definition) is 5. The van der Waals surface area contributed by atoms with E-state index < -0.39 is 11.4 Å². The van der Waals surface area contributed by atoms with E-state index in [0.717, 1.165) is 23.5 Å². The number of nitrogens with zero attached hydrogens (tertiary/aromatic N) is 2. The van der Waals surface area contributed by atoms with Crippen LogP contribution >= 0.6 is 11.3 Å². The summed E-state index contributed by atoms with van der Waals surface area (Å²) >= 11 is 1.56. The van der Waals surface area contributed by atoms with Crippen LogP contribution in [-0.2, 0) is 11.4 Å². The summed E-state index contributed by atoms with van der Waals surface area (Å²) in [6.45, 7) is 3.03. The second-order valence-electron chi connectivity index (χ2n) is 7.38. The summed E-state index contributed by atoms with van der Waals surface area (Å²) in [4.78, 5) is 31.1. The van der Waals surface area contributed by atoms with Gasteiger partial charge in [-0.25, -0.2) is 4.98 Å². The minimum absolute atomic E-state index is 0.0463. The van der Waals surface area contributed by atoms with Crippen LogP contribution in [0.15, 0.2) is 29.6 Å². The third-order valence-corrected chi connectivity index (χ3v) is 6.57. The lowest BCUT2D eigenvalue weighted by atomic mass is 9.81. The van der Waals surface area contributed by atoms with Gasteiger partial charge >= 0.3 is 5.97 Å². The van der Waals surface area contributed by atoms with Crippen molar-refractivity contribution in [2.24, 2.45) is 11.3 Å². The lowest BCUT2D eigenvalue weighted by molar-refractivity contribution is -0.149. The summed E-state index contributed by atoms with van der Waals surface area (Å²) < 4.78 is 5.86. The molecule has 0 radical (unpaired) electrons. The molecule has 1 saturated carbocycles. The van der Waals surface area contributed by atoms with Crippen molar-refractivity contribution in [3.8, 4) is 5.75 Å². The van der Waals surface area contributed by atoms with Crippen molar-refractivity contribution < 1.29 is 19.4 Å². The van der Waals surface area contributed by atoms with Gasteiger partial charge in [0.15, 0.2) is 0 Å². The van der Waals surface area contributed by atoms with Crippen molar-refractivity contribution in [1.29, 1.82) is 0 Å². The molecular formula is C20H22N2O4S. The molecule has 1 aromatic carbocycles. The van der Waals surface area contributed by atoms with Crippen molar-refractivity contribution >= 4 is 23.2 Å². The number of thiazole rings is 1. The summed E-state index contributed by atoms with van der Waals surface area (Å²) in [5.74, 6) is -0.376. The summed E-state index contributed by atoms with van der Waals surface area (Å²) in [6.07, 6.45) is 2.45. The number of aliphatic carboxylic acids is 1. The fourth-order valence-electron chi connectivity index (χ4n) is 4.36. The number of ether oxygens (including phenoxy) is 1. The van der Waals surface area contributed by atoms with Crippen molar-refractivity contribution in [2.45, 2.75) is 32.8 Å². The number of aromatic nitrogens is 1. The number of fused-ring (bicyclic) bond motifs is 1. The van der Waals surface area contributed by atoms with Gasteiger partial charge in [0, 0.05) is 18.5 Å². The monoisotopic (exact) mass is 386 g/mol. The predicted octanol–water partition coefficient (Wildman–Crippen LogP) is 3.36. The maximum Gasteiger partial charge on any atom is 0.311 e. The van der Waals surface area contributed by atoms with Crippen LogP contribution in [-0.4, -0.2) is 40.0 Å². The Kier molecular flexibility index (Phi) is 4.63. The number of carbonyl (C=O) groups is 2. The topological polar surface area (TPSA) is 79.7 Å². The molecule has 0 spiro atoms. The summed E-state index contributed by atoms with van der Waals surface area (Å²) in [6, 6.07) is 7.15. The summed E-state index contributed by atoms with van der Waals surface area (Å²) in [5.41, 5.74) is 0.536. The first-order valence-corrected chi connectivity index (χ1v) is 10.0. The number of carboxylic acids is 1. The maximum absolute atomic E-state index is 13.1. The van der Waals surface area contributed by atoms with E-state index in [0.29, 0.717) is 30.9 Å². The SMILES string of the molecule is Cc1nc(COc2ccccc2C(=O)N2C[C@@H]3CCC[C@@]3(C(=O)O)C2)cs1. The molecular weight excluding hydrogens is 364 g/mol. The molecule has 4 rings (SSSR count). The van der Waals surface area contributed by atoms with E-state index in [9.17, 15) is 14.7 Å². The van der Waals surface area contributed by atoms with Crippen LogP contribution in [0.1, 0.15) is 40.3 Å². The molecule has 27 heavy (non-hydrogen) atoms. The summed E-state index contributed by atoms with van der Waals surface area (Å²) in [5, 5.41) is 12.7. The molecule has 0 unspecified atom stereocenters. The molecule has 1 amide bonds. The number of carboxylic acid groups (broad SMARTS) is 1. The van der Waals surface area contributed by atoms with Gasteiger partial charge in [-0.15, -0.1) is 11.3 Å². The second-order valence-corrected chi connectivity index (χ2v) is 8.44. The van der Waals surface area contributed by atoms with Crippen molar-refractivity contribution in [3.05, 3.63) is 45.9 Å². The number of hydrogen-bond donors (Lipinski definition) is 1. The van der Waals surface area contributed by atoms with Gasteiger partial charge in [0.05, 0.1) is 21.7 Å². The molecule has 1 N–H and O–H groups in total. The van der Waals surface area contributed by atoms with E-state index in [1.165, 1.54) is 0 Å². The highest BCUT2D eigenvalue weighted by molar-refractivity contribution is 7.09. The van der Waals surface area contributed by atoms with Crippen LogP contribution in [0.4, 0.5) is 0 Å². The molecule has 142 valence electrons. The number of carbonyl (C=O) groups excluding carboxylic acids is 1. The van der Waals surface area contributed by atoms with Crippen LogP contribution in [0.5, 0.6) is 5.75 Å². The largest absolute Gasteiger partial charge is 0.486 e. The smallest absolute Gasteiger partial charge is 0.311 e. The molecule has 2 aromatic rings. The maximum atomic E-state index is 13.1. The quantitative estimate of drug-likeness (QED) is 0.852. The van der Waals surface area contributed by atoms with Crippen LogP contribution in [0.3, 0.4) is 0 Å². The zero-order valence-corrected chi connectivity index (χ0v) is 16.0. The fraction of sp³-hybridized carbons (Fsp3) is 0.450. The molecule has 1 saturated heterocycles. The van der Waals surface area contributed by atoms with Crippen LogP contribution in [0, 0.1) is 18.3 Å². The predicted molar refractivity (Wildman–Crippen MR) is 101 cm³/mol. The first kappa shape index (κ1) is 18.0. The van der Waals surface area contributed by atoms with Gasteiger partial charge in [0.1, 0.15) is 12.4 Å². The summed E-state index contributed by atoms with van der Waals surface area (Å²) in [7, 11) is 0. The lowest BCUT2D eigenvalue weighted by Gasteiger charge is -2.23. The molecule has 2 heterocycles. The van der Waals surface area contributed by atoms with Gasteiger partial charge in [-0.3, -0.25) is 9.59 Å². The number of benzene rings is 1. The third kappa shape index (κ3) is 3.20. The second kappa shape index (κ2) is 6.96. The fourth-order valence-corrected chi connectivity index (χ4v) is 4.96. The minimum atomic E-state index is -0.774. The first-order valence-electron chi connectivity index (χ1n) is 9.15. The van der Waals surface area contributed by atoms with E-state index in [1.54, 1.807) is 34.4 Å². The van der Waals surface area contributed by atoms with Gasteiger partial charge in [-0.05, 0) is 37.8 Å². The van der Waals surface area contributed by atoms with E-state index in [1.807, 2.05) is 18.4 Å². The van der Waals surface area contributed by atoms with E-state index in [2.05, 4.69) is 4.98 Å². The average molecular weight is 386 g/mol. The van der Waals surface area contributed by atoms with E-state index in [-0.39, 0.29) is 18.4 Å². The molecule has 1 aliphatic carbocycles. The molecule has 2 atom stereocenters. The van der Waals surface area contributed by atoms with Gasteiger partial charge in [0.2, 0.25) is 0 Å². The van der Waals surface area contributed by atoms with Crippen molar-refractivity contribution in [1.82, 2.24) is 9.88 Å². The number of likely N-dealkylation sites (tertiary alicyclic amines) is 1. The number of aryl methyl sites for hydroxylation is 1. The Labute approximate surface area is 161 Å². The zero-order valence-electron chi connectivity index (χ0n) is 15.2. The first-order chi connectivity index (χ1) is 13.0.